The van der Waals surface area contributed by atoms with Crippen LogP contribution in [-0.2, 0) is 4.79 Å². The highest BCUT2D eigenvalue weighted by atomic mass is 16.3. The third-order valence-electron chi connectivity index (χ3n) is 2.27. The quantitative estimate of drug-likeness (QED) is 0.755. The van der Waals surface area contributed by atoms with Gasteiger partial charge in [-0.25, -0.2) is 0 Å². The van der Waals surface area contributed by atoms with Gasteiger partial charge in [-0.15, -0.1) is 0 Å². The summed E-state index contributed by atoms with van der Waals surface area (Å²) in [6.07, 6.45) is -0.740. The molecule has 1 amide bonds. The molecule has 3 nitrogen and oxygen atoms in total. The number of hydrogen-bond acceptors (Lipinski definition) is 2. The molecule has 0 aliphatic rings. The maximum absolute atomic E-state index is 11.3. The van der Waals surface area contributed by atoms with Crippen LogP contribution in [0.2, 0.25) is 0 Å². The van der Waals surface area contributed by atoms with Crippen LogP contribution in [0.25, 0.3) is 0 Å². The lowest BCUT2D eigenvalue weighted by molar-refractivity contribution is -0.127. The molecule has 3 heteroatoms. The van der Waals surface area contributed by atoms with E-state index in [0.29, 0.717) is 0 Å². The molecule has 0 radical (unpaired) electrons. The first-order valence-electron chi connectivity index (χ1n) is 4.61. The highest BCUT2D eigenvalue weighted by molar-refractivity contribution is 5.78. The summed E-state index contributed by atoms with van der Waals surface area (Å²) < 4.78 is 0. The van der Waals surface area contributed by atoms with Crippen molar-refractivity contribution in [1.29, 1.82) is 0 Å². The summed E-state index contributed by atoms with van der Waals surface area (Å²) in [7, 11) is 1.57. The monoisotopic (exact) mass is 193 g/mol. The summed E-state index contributed by atoms with van der Waals surface area (Å²) in [6, 6.07) is 9.18. The highest BCUT2D eigenvalue weighted by Crippen LogP contribution is 2.21. The van der Waals surface area contributed by atoms with Gasteiger partial charge in [0, 0.05) is 7.05 Å². The van der Waals surface area contributed by atoms with Crippen LogP contribution in [0.1, 0.15) is 18.6 Å². The van der Waals surface area contributed by atoms with Crippen molar-refractivity contribution in [2.45, 2.75) is 13.0 Å². The van der Waals surface area contributed by atoms with Crippen molar-refractivity contribution in [3.63, 3.8) is 0 Å². The van der Waals surface area contributed by atoms with E-state index in [1.165, 1.54) is 0 Å². The van der Waals surface area contributed by atoms with Crippen LogP contribution in [0, 0.1) is 5.92 Å². The first kappa shape index (κ1) is 10.7. The zero-order valence-electron chi connectivity index (χ0n) is 8.40. The zero-order chi connectivity index (χ0) is 10.6. The van der Waals surface area contributed by atoms with Crippen molar-refractivity contribution in [2.75, 3.05) is 7.05 Å². The van der Waals surface area contributed by atoms with E-state index in [0.717, 1.165) is 5.56 Å². The Morgan fingerprint density at radius 1 is 1.36 bits per heavy atom. The molecule has 0 saturated heterocycles. The second kappa shape index (κ2) is 4.77. The minimum atomic E-state index is -0.740. The van der Waals surface area contributed by atoms with Gasteiger partial charge in [-0.05, 0) is 5.56 Å². The maximum Gasteiger partial charge on any atom is 0.225 e. The Hall–Kier alpha value is -1.35. The van der Waals surface area contributed by atoms with Gasteiger partial charge in [0.15, 0.2) is 0 Å². The molecular weight excluding hydrogens is 178 g/mol. The fourth-order valence-electron chi connectivity index (χ4n) is 1.31. The van der Waals surface area contributed by atoms with Gasteiger partial charge >= 0.3 is 0 Å². The van der Waals surface area contributed by atoms with Gasteiger partial charge in [0.2, 0.25) is 5.91 Å². The van der Waals surface area contributed by atoms with Crippen LogP contribution in [0.3, 0.4) is 0 Å². The number of rotatable bonds is 3. The molecule has 1 aromatic carbocycles. The van der Waals surface area contributed by atoms with Crippen LogP contribution >= 0.6 is 0 Å². The molecule has 0 saturated carbocycles. The van der Waals surface area contributed by atoms with Crippen molar-refractivity contribution in [2.24, 2.45) is 5.92 Å². The Balaban J connectivity index is 2.75. The van der Waals surface area contributed by atoms with E-state index in [4.69, 9.17) is 0 Å². The summed E-state index contributed by atoms with van der Waals surface area (Å²) in [4.78, 5) is 11.3. The van der Waals surface area contributed by atoms with Gasteiger partial charge in [-0.1, -0.05) is 37.3 Å². The molecule has 1 rings (SSSR count). The molecule has 0 aliphatic heterocycles. The molecule has 2 unspecified atom stereocenters. The summed E-state index contributed by atoms with van der Waals surface area (Å²) in [5.41, 5.74) is 0.767. The van der Waals surface area contributed by atoms with Crippen molar-refractivity contribution in [3.8, 4) is 0 Å². The van der Waals surface area contributed by atoms with Crippen molar-refractivity contribution in [3.05, 3.63) is 35.9 Å². The van der Waals surface area contributed by atoms with E-state index < -0.39 is 12.0 Å². The first-order valence-corrected chi connectivity index (χ1v) is 4.61. The zero-order valence-corrected chi connectivity index (χ0v) is 8.40. The topological polar surface area (TPSA) is 49.3 Å². The third kappa shape index (κ3) is 2.33. The molecule has 2 atom stereocenters. The number of aliphatic hydroxyl groups is 1. The Morgan fingerprint density at radius 3 is 2.43 bits per heavy atom. The van der Waals surface area contributed by atoms with E-state index in [1.807, 2.05) is 30.3 Å². The normalized spacial score (nSPS) is 14.5. The molecule has 76 valence electrons. The van der Waals surface area contributed by atoms with Crippen LogP contribution in [0.5, 0.6) is 0 Å². The number of carbonyl (C=O) groups excluding carboxylic acids is 1. The molecule has 0 aromatic heterocycles. The van der Waals surface area contributed by atoms with Gasteiger partial charge in [-0.2, -0.15) is 0 Å². The summed E-state index contributed by atoms with van der Waals surface area (Å²) >= 11 is 0. The SMILES string of the molecule is CNC(=O)C(C)C(O)c1ccccc1. The third-order valence-corrected chi connectivity index (χ3v) is 2.27. The smallest absolute Gasteiger partial charge is 0.225 e. The van der Waals surface area contributed by atoms with Gasteiger partial charge in [-0.3, -0.25) is 4.79 Å². The van der Waals surface area contributed by atoms with E-state index >= 15 is 0 Å². The lowest BCUT2D eigenvalue weighted by Crippen LogP contribution is -2.29. The minimum absolute atomic E-state index is 0.152. The van der Waals surface area contributed by atoms with E-state index in [-0.39, 0.29) is 5.91 Å². The number of aliphatic hydroxyl groups excluding tert-OH is 1. The highest BCUT2D eigenvalue weighted by Gasteiger charge is 2.21. The Morgan fingerprint density at radius 2 is 1.93 bits per heavy atom. The van der Waals surface area contributed by atoms with Gasteiger partial charge in [0.05, 0.1) is 12.0 Å². The molecule has 0 bridgehead atoms. The Kier molecular flexibility index (Phi) is 3.65. The molecule has 0 fully saturated rings. The summed E-state index contributed by atoms with van der Waals surface area (Å²) in [5.74, 6) is -0.580. The number of nitrogens with one attached hydrogen (secondary N) is 1. The fourth-order valence-corrected chi connectivity index (χ4v) is 1.31. The second-order valence-electron chi connectivity index (χ2n) is 3.26. The molecule has 14 heavy (non-hydrogen) atoms. The fraction of sp³-hybridized carbons (Fsp3) is 0.364. The molecule has 0 spiro atoms. The van der Waals surface area contributed by atoms with Crippen LogP contribution < -0.4 is 5.32 Å². The maximum atomic E-state index is 11.3. The molecular formula is C11H15NO2. The average molecular weight is 193 g/mol. The number of carbonyl (C=O) groups is 1. The van der Waals surface area contributed by atoms with Crippen LogP contribution in [0.4, 0.5) is 0 Å². The van der Waals surface area contributed by atoms with Crippen molar-refractivity contribution in [1.82, 2.24) is 5.32 Å². The van der Waals surface area contributed by atoms with Crippen molar-refractivity contribution < 1.29 is 9.90 Å². The van der Waals surface area contributed by atoms with Crippen LogP contribution in [0.15, 0.2) is 30.3 Å². The largest absolute Gasteiger partial charge is 0.388 e. The van der Waals surface area contributed by atoms with Gasteiger partial charge in [0.1, 0.15) is 0 Å². The van der Waals surface area contributed by atoms with Gasteiger partial charge in [0.25, 0.3) is 0 Å². The number of benzene rings is 1. The molecule has 2 N–H and O–H groups in total. The first-order chi connectivity index (χ1) is 6.66. The summed E-state index contributed by atoms with van der Waals surface area (Å²) in [5, 5.41) is 12.3. The Labute approximate surface area is 83.8 Å². The standard InChI is InChI=1S/C11H15NO2/c1-8(11(14)12-2)10(13)9-6-4-3-5-7-9/h3-8,10,13H,1-2H3,(H,12,14). The Bertz CT molecular complexity index is 297. The lowest BCUT2D eigenvalue weighted by Gasteiger charge is -2.17. The predicted octanol–water partition coefficient (Wildman–Crippen LogP) is 1.10. The molecule has 0 aliphatic carbocycles. The van der Waals surface area contributed by atoms with E-state index in [9.17, 15) is 9.90 Å². The lowest BCUT2D eigenvalue weighted by atomic mass is 9.97. The van der Waals surface area contributed by atoms with E-state index in [1.54, 1.807) is 14.0 Å². The van der Waals surface area contributed by atoms with Gasteiger partial charge < -0.3 is 10.4 Å². The van der Waals surface area contributed by atoms with Crippen LogP contribution in [-0.4, -0.2) is 18.1 Å². The predicted molar refractivity (Wildman–Crippen MR) is 54.6 cm³/mol. The summed E-state index contributed by atoms with van der Waals surface area (Å²) in [6.45, 7) is 1.70. The molecule has 0 heterocycles. The average Bonchev–Trinajstić information content (AvgIpc) is 2.27. The number of hydrogen-bond donors (Lipinski definition) is 2. The molecule has 1 aromatic rings. The minimum Gasteiger partial charge on any atom is -0.388 e. The second-order valence-corrected chi connectivity index (χ2v) is 3.26. The number of amides is 1. The van der Waals surface area contributed by atoms with E-state index in [2.05, 4.69) is 5.32 Å². The van der Waals surface area contributed by atoms with Crippen molar-refractivity contribution >= 4 is 5.91 Å².